The van der Waals surface area contributed by atoms with Gasteiger partial charge >= 0.3 is 6.09 Å². The highest BCUT2D eigenvalue weighted by Gasteiger charge is 2.27. The molecule has 1 atom stereocenters. The van der Waals surface area contributed by atoms with Gasteiger partial charge in [0.1, 0.15) is 6.61 Å². The van der Waals surface area contributed by atoms with Gasteiger partial charge in [-0.2, -0.15) is 0 Å². The minimum atomic E-state index is -0.404. The number of benzene rings is 1. The standard InChI is InChI=1S/C14H17NO3/c1-11-7-8-15(9-13(11)16)14(17)18-10-12-5-3-2-4-6-12/h2-6,11H,7-10H2,1H3/t11-/m0/s1. The number of piperidine rings is 1. The molecular formula is C14H17NO3. The van der Waals surface area contributed by atoms with Gasteiger partial charge in [0, 0.05) is 12.5 Å². The molecule has 18 heavy (non-hydrogen) atoms. The fraction of sp³-hybridized carbons (Fsp3) is 0.429. The first-order valence-electron chi connectivity index (χ1n) is 6.15. The molecule has 0 unspecified atom stereocenters. The van der Waals surface area contributed by atoms with Crippen LogP contribution in [-0.4, -0.2) is 29.9 Å². The van der Waals surface area contributed by atoms with Crippen LogP contribution >= 0.6 is 0 Å². The van der Waals surface area contributed by atoms with Gasteiger partial charge < -0.3 is 9.64 Å². The monoisotopic (exact) mass is 247 g/mol. The number of hydrogen-bond acceptors (Lipinski definition) is 3. The summed E-state index contributed by atoms with van der Waals surface area (Å²) < 4.78 is 5.19. The molecule has 1 aromatic carbocycles. The van der Waals surface area contributed by atoms with Crippen molar-refractivity contribution in [3.05, 3.63) is 35.9 Å². The molecular weight excluding hydrogens is 230 g/mol. The second kappa shape index (κ2) is 5.67. The average Bonchev–Trinajstić information content (AvgIpc) is 2.40. The zero-order valence-corrected chi connectivity index (χ0v) is 10.5. The average molecular weight is 247 g/mol. The second-order valence-corrected chi connectivity index (χ2v) is 4.62. The molecule has 0 saturated carbocycles. The topological polar surface area (TPSA) is 46.6 Å². The number of hydrogen-bond donors (Lipinski definition) is 0. The van der Waals surface area contributed by atoms with E-state index in [1.165, 1.54) is 4.90 Å². The zero-order chi connectivity index (χ0) is 13.0. The van der Waals surface area contributed by atoms with Crippen LogP contribution in [0.15, 0.2) is 30.3 Å². The Morgan fingerprint density at radius 1 is 1.39 bits per heavy atom. The Morgan fingerprint density at radius 2 is 2.11 bits per heavy atom. The van der Waals surface area contributed by atoms with Gasteiger partial charge in [-0.3, -0.25) is 4.79 Å². The summed E-state index contributed by atoms with van der Waals surface area (Å²) in [5.74, 6) is 0.168. The van der Waals surface area contributed by atoms with E-state index in [0.29, 0.717) is 6.54 Å². The summed E-state index contributed by atoms with van der Waals surface area (Å²) in [6.45, 7) is 2.92. The van der Waals surface area contributed by atoms with Crippen LogP contribution in [0.4, 0.5) is 4.79 Å². The summed E-state index contributed by atoms with van der Waals surface area (Å²) in [6, 6.07) is 9.51. The molecule has 0 aliphatic carbocycles. The van der Waals surface area contributed by atoms with Crippen molar-refractivity contribution in [2.24, 2.45) is 5.92 Å². The molecule has 4 heteroatoms. The van der Waals surface area contributed by atoms with Crippen LogP contribution in [0.3, 0.4) is 0 Å². The smallest absolute Gasteiger partial charge is 0.410 e. The Bertz CT molecular complexity index is 430. The van der Waals surface area contributed by atoms with E-state index in [0.717, 1.165) is 12.0 Å². The molecule has 0 spiro atoms. The van der Waals surface area contributed by atoms with Crippen LogP contribution in [0.2, 0.25) is 0 Å². The lowest BCUT2D eigenvalue weighted by Gasteiger charge is -2.28. The van der Waals surface area contributed by atoms with E-state index in [1.54, 1.807) is 0 Å². The Kier molecular flexibility index (Phi) is 3.97. The van der Waals surface area contributed by atoms with Crippen molar-refractivity contribution >= 4 is 11.9 Å². The van der Waals surface area contributed by atoms with Gasteiger partial charge in [0.2, 0.25) is 0 Å². The van der Waals surface area contributed by atoms with Crippen molar-refractivity contribution in [2.75, 3.05) is 13.1 Å². The predicted octanol–water partition coefficient (Wildman–Crippen LogP) is 2.23. The quantitative estimate of drug-likeness (QED) is 0.805. The van der Waals surface area contributed by atoms with E-state index < -0.39 is 6.09 Å². The first-order chi connectivity index (χ1) is 8.66. The van der Waals surface area contributed by atoms with Crippen molar-refractivity contribution in [3.8, 4) is 0 Å². The number of carbonyl (C=O) groups is 2. The normalized spacial score (nSPS) is 19.7. The van der Waals surface area contributed by atoms with Gasteiger partial charge in [0.05, 0.1) is 6.54 Å². The highest BCUT2D eigenvalue weighted by atomic mass is 16.6. The van der Waals surface area contributed by atoms with Gasteiger partial charge in [-0.1, -0.05) is 37.3 Å². The van der Waals surface area contributed by atoms with E-state index in [4.69, 9.17) is 4.74 Å². The Hall–Kier alpha value is -1.84. The van der Waals surface area contributed by atoms with Crippen molar-refractivity contribution in [1.29, 1.82) is 0 Å². The third kappa shape index (κ3) is 3.09. The predicted molar refractivity (Wildman–Crippen MR) is 67.0 cm³/mol. The molecule has 1 amide bonds. The maximum absolute atomic E-state index is 11.8. The van der Waals surface area contributed by atoms with Crippen LogP contribution in [-0.2, 0) is 16.1 Å². The SMILES string of the molecule is C[C@H]1CCN(C(=O)OCc2ccccc2)CC1=O. The van der Waals surface area contributed by atoms with Crippen LogP contribution < -0.4 is 0 Å². The van der Waals surface area contributed by atoms with Gasteiger partial charge in [-0.15, -0.1) is 0 Å². The van der Waals surface area contributed by atoms with E-state index in [2.05, 4.69) is 0 Å². The van der Waals surface area contributed by atoms with Crippen molar-refractivity contribution in [1.82, 2.24) is 4.90 Å². The summed E-state index contributed by atoms with van der Waals surface area (Å²) in [5, 5.41) is 0. The number of Topliss-reactive ketones (excluding diaryl/α,β-unsaturated/α-hetero) is 1. The van der Waals surface area contributed by atoms with Crippen molar-refractivity contribution < 1.29 is 14.3 Å². The molecule has 0 N–H and O–H groups in total. The van der Waals surface area contributed by atoms with Crippen molar-refractivity contribution in [3.63, 3.8) is 0 Å². The Labute approximate surface area is 107 Å². The highest BCUT2D eigenvalue weighted by molar-refractivity contribution is 5.86. The lowest BCUT2D eigenvalue weighted by Crippen LogP contribution is -2.43. The fourth-order valence-corrected chi connectivity index (χ4v) is 1.90. The van der Waals surface area contributed by atoms with E-state index in [1.807, 2.05) is 37.3 Å². The largest absolute Gasteiger partial charge is 0.445 e. The van der Waals surface area contributed by atoms with Crippen LogP contribution in [0.1, 0.15) is 18.9 Å². The number of nitrogens with zero attached hydrogens (tertiary/aromatic N) is 1. The molecule has 2 rings (SSSR count). The molecule has 0 bridgehead atoms. The highest BCUT2D eigenvalue weighted by Crippen LogP contribution is 2.14. The van der Waals surface area contributed by atoms with Gasteiger partial charge in [-0.05, 0) is 12.0 Å². The second-order valence-electron chi connectivity index (χ2n) is 4.62. The number of likely N-dealkylation sites (tertiary alicyclic amines) is 1. The number of ketones is 1. The van der Waals surface area contributed by atoms with Crippen LogP contribution in [0.25, 0.3) is 0 Å². The minimum absolute atomic E-state index is 0.0585. The van der Waals surface area contributed by atoms with E-state index >= 15 is 0 Å². The number of rotatable bonds is 2. The number of ether oxygens (including phenoxy) is 1. The lowest BCUT2D eigenvalue weighted by atomic mass is 9.98. The minimum Gasteiger partial charge on any atom is -0.445 e. The molecule has 0 radical (unpaired) electrons. The van der Waals surface area contributed by atoms with E-state index in [9.17, 15) is 9.59 Å². The summed E-state index contributed by atoms with van der Waals surface area (Å²) in [4.78, 5) is 24.8. The Balaban J connectivity index is 1.83. The first kappa shape index (κ1) is 12.6. The first-order valence-corrected chi connectivity index (χ1v) is 6.15. The summed E-state index contributed by atoms with van der Waals surface area (Å²) >= 11 is 0. The molecule has 4 nitrogen and oxygen atoms in total. The molecule has 96 valence electrons. The Morgan fingerprint density at radius 3 is 2.78 bits per heavy atom. The summed E-state index contributed by atoms with van der Waals surface area (Å²) in [5.41, 5.74) is 0.947. The maximum Gasteiger partial charge on any atom is 0.410 e. The van der Waals surface area contributed by atoms with Crippen LogP contribution in [0.5, 0.6) is 0 Å². The molecule has 1 aromatic rings. The fourth-order valence-electron chi connectivity index (χ4n) is 1.90. The summed E-state index contributed by atoms with van der Waals surface area (Å²) in [6.07, 6.45) is 0.318. The third-order valence-corrected chi connectivity index (χ3v) is 3.19. The van der Waals surface area contributed by atoms with Crippen LogP contribution in [0, 0.1) is 5.92 Å². The molecule has 0 aromatic heterocycles. The van der Waals surface area contributed by atoms with Crippen molar-refractivity contribution in [2.45, 2.75) is 20.0 Å². The lowest BCUT2D eigenvalue weighted by molar-refractivity contribution is -0.125. The molecule has 1 saturated heterocycles. The maximum atomic E-state index is 11.8. The molecule has 1 fully saturated rings. The van der Waals surface area contributed by atoms with Gasteiger partial charge in [0.15, 0.2) is 5.78 Å². The van der Waals surface area contributed by atoms with E-state index in [-0.39, 0.29) is 24.9 Å². The molecule has 1 aliphatic rings. The number of amides is 1. The van der Waals surface area contributed by atoms with Gasteiger partial charge in [-0.25, -0.2) is 4.79 Å². The number of carbonyl (C=O) groups excluding carboxylic acids is 2. The summed E-state index contributed by atoms with van der Waals surface area (Å²) in [7, 11) is 0. The third-order valence-electron chi connectivity index (χ3n) is 3.19. The molecule has 1 heterocycles. The van der Waals surface area contributed by atoms with Gasteiger partial charge in [0.25, 0.3) is 0 Å². The molecule has 1 aliphatic heterocycles. The zero-order valence-electron chi connectivity index (χ0n) is 10.5.